The van der Waals surface area contributed by atoms with Gasteiger partial charge < -0.3 is 15.2 Å². The van der Waals surface area contributed by atoms with E-state index >= 15 is 0 Å². The largest absolute Gasteiger partial charge is 0.493 e. The molecule has 0 aliphatic heterocycles. The Balaban J connectivity index is 2.22. The number of thioether (sulfide) groups is 1. The Kier molecular flexibility index (Phi) is 6.89. The van der Waals surface area contributed by atoms with Gasteiger partial charge in [-0.2, -0.15) is 11.8 Å². The van der Waals surface area contributed by atoms with Crippen LogP contribution < -0.4 is 15.2 Å². The van der Waals surface area contributed by atoms with Gasteiger partial charge in [0.2, 0.25) is 0 Å². The van der Waals surface area contributed by atoms with Crippen molar-refractivity contribution < 1.29 is 9.47 Å². The first-order valence-corrected chi connectivity index (χ1v) is 7.02. The molecule has 17 heavy (non-hydrogen) atoms. The Morgan fingerprint density at radius 1 is 1.29 bits per heavy atom. The number of ether oxygens (including phenoxy) is 2. The van der Waals surface area contributed by atoms with E-state index in [1.807, 2.05) is 36.0 Å². The molecule has 0 fully saturated rings. The van der Waals surface area contributed by atoms with E-state index in [1.54, 1.807) is 7.11 Å². The van der Waals surface area contributed by atoms with E-state index in [9.17, 15) is 0 Å². The molecule has 1 aromatic carbocycles. The van der Waals surface area contributed by atoms with Crippen molar-refractivity contribution in [1.82, 2.24) is 0 Å². The second kappa shape index (κ2) is 8.25. The molecule has 0 aliphatic carbocycles. The topological polar surface area (TPSA) is 44.5 Å². The van der Waals surface area contributed by atoms with Crippen LogP contribution in [0.3, 0.4) is 0 Å². The van der Waals surface area contributed by atoms with Gasteiger partial charge in [0, 0.05) is 17.5 Å². The van der Waals surface area contributed by atoms with Gasteiger partial charge in [-0.05, 0) is 18.6 Å². The SMILES string of the molecule is CCC(N)CSCCOc1ccccc1OC. The maximum Gasteiger partial charge on any atom is 0.161 e. The van der Waals surface area contributed by atoms with Gasteiger partial charge in [-0.1, -0.05) is 19.1 Å². The van der Waals surface area contributed by atoms with Gasteiger partial charge in [0.1, 0.15) is 0 Å². The zero-order valence-corrected chi connectivity index (χ0v) is 11.3. The molecular weight excluding hydrogens is 234 g/mol. The van der Waals surface area contributed by atoms with Gasteiger partial charge in [0.05, 0.1) is 13.7 Å². The minimum absolute atomic E-state index is 0.297. The first-order valence-electron chi connectivity index (χ1n) is 5.87. The second-order valence-electron chi connectivity index (χ2n) is 3.74. The molecule has 1 atom stereocenters. The molecule has 0 amide bonds. The van der Waals surface area contributed by atoms with Crippen LogP contribution in [0.1, 0.15) is 13.3 Å². The zero-order chi connectivity index (χ0) is 12.5. The quantitative estimate of drug-likeness (QED) is 0.725. The van der Waals surface area contributed by atoms with E-state index in [1.165, 1.54) is 0 Å². The summed E-state index contributed by atoms with van der Waals surface area (Å²) in [6.07, 6.45) is 1.03. The first-order chi connectivity index (χ1) is 8.27. The zero-order valence-electron chi connectivity index (χ0n) is 10.5. The van der Waals surface area contributed by atoms with Crippen LogP contribution in [-0.4, -0.2) is 31.3 Å². The van der Waals surface area contributed by atoms with Crippen LogP contribution in [0.15, 0.2) is 24.3 Å². The number of hydrogen-bond acceptors (Lipinski definition) is 4. The van der Waals surface area contributed by atoms with E-state index in [4.69, 9.17) is 15.2 Å². The van der Waals surface area contributed by atoms with E-state index in [0.29, 0.717) is 12.6 Å². The summed E-state index contributed by atoms with van der Waals surface area (Å²) in [5.41, 5.74) is 5.83. The Hall–Kier alpha value is -0.870. The van der Waals surface area contributed by atoms with Crippen molar-refractivity contribution in [2.24, 2.45) is 5.73 Å². The summed E-state index contributed by atoms with van der Waals surface area (Å²) in [5.74, 6) is 3.52. The third kappa shape index (κ3) is 5.33. The average Bonchev–Trinajstić information content (AvgIpc) is 2.38. The van der Waals surface area contributed by atoms with Crippen molar-refractivity contribution in [3.8, 4) is 11.5 Å². The standard InChI is InChI=1S/C13H21NO2S/c1-3-11(14)10-17-9-8-16-13-7-5-4-6-12(13)15-2/h4-7,11H,3,8-10,14H2,1-2H3. The number of rotatable bonds is 8. The normalized spacial score (nSPS) is 12.2. The van der Waals surface area contributed by atoms with E-state index in [-0.39, 0.29) is 0 Å². The third-order valence-electron chi connectivity index (χ3n) is 2.41. The van der Waals surface area contributed by atoms with Gasteiger partial charge in [-0.25, -0.2) is 0 Å². The van der Waals surface area contributed by atoms with Crippen LogP contribution in [0, 0.1) is 0 Å². The van der Waals surface area contributed by atoms with Crippen molar-refractivity contribution >= 4 is 11.8 Å². The van der Waals surface area contributed by atoms with Gasteiger partial charge in [0.15, 0.2) is 11.5 Å². The fraction of sp³-hybridized carbons (Fsp3) is 0.538. The third-order valence-corrected chi connectivity index (χ3v) is 3.53. The molecule has 0 saturated carbocycles. The van der Waals surface area contributed by atoms with Crippen LogP contribution in [0.5, 0.6) is 11.5 Å². The molecule has 3 nitrogen and oxygen atoms in total. The molecule has 1 rings (SSSR count). The number of methoxy groups -OCH3 is 1. The highest BCUT2D eigenvalue weighted by Gasteiger charge is 2.02. The number of hydrogen-bond donors (Lipinski definition) is 1. The molecule has 0 aliphatic rings. The lowest BCUT2D eigenvalue weighted by Crippen LogP contribution is -2.21. The number of benzene rings is 1. The number of para-hydroxylation sites is 2. The lowest BCUT2D eigenvalue weighted by Gasteiger charge is -2.11. The summed E-state index contributed by atoms with van der Waals surface area (Å²) >= 11 is 1.83. The van der Waals surface area contributed by atoms with Gasteiger partial charge in [-0.3, -0.25) is 0 Å². The van der Waals surface area contributed by atoms with Crippen molar-refractivity contribution in [1.29, 1.82) is 0 Å². The maximum absolute atomic E-state index is 5.83. The lowest BCUT2D eigenvalue weighted by molar-refractivity contribution is 0.313. The predicted molar refractivity (Wildman–Crippen MR) is 74.1 cm³/mol. The molecule has 0 aromatic heterocycles. The number of nitrogens with two attached hydrogens (primary N) is 1. The maximum atomic E-state index is 5.83. The molecule has 0 heterocycles. The van der Waals surface area contributed by atoms with Crippen LogP contribution in [0.2, 0.25) is 0 Å². The van der Waals surface area contributed by atoms with Crippen LogP contribution >= 0.6 is 11.8 Å². The Morgan fingerprint density at radius 2 is 2.00 bits per heavy atom. The molecule has 0 spiro atoms. The fourth-order valence-corrected chi connectivity index (χ4v) is 2.21. The summed E-state index contributed by atoms with van der Waals surface area (Å²) in [6.45, 7) is 2.79. The Morgan fingerprint density at radius 3 is 2.65 bits per heavy atom. The first kappa shape index (κ1) is 14.2. The molecule has 0 bridgehead atoms. The fourth-order valence-electron chi connectivity index (χ4n) is 1.30. The van der Waals surface area contributed by atoms with Crippen LogP contribution in [-0.2, 0) is 0 Å². The highest BCUT2D eigenvalue weighted by Crippen LogP contribution is 2.25. The monoisotopic (exact) mass is 255 g/mol. The van der Waals surface area contributed by atoms with Crippen molar-refractivity contribution in [3.05, 3.63) is 24.3 Å². The molecular formula is C13H21NO2S. The summed E-state index contributed by atoms with van der Waals surface area (Å²) in [5, 5.41) is 0. The minimum atomic E-state index is 0.297. The molecule has 0 radical (unpaired) electrons. The van der Waals surface area contributed by atoms with E-state index < -0.39 is 0 Å². The highest BCUT2D eigenvalue weighted by molar-refractivity contribution is 7.99. The highest BCUT2D eigenvalue weighted by atomic mass is 32.2. The molecule has 96 valence electrons. The minimum Gasteiger partial charge on any atom is -0.493 e. The van der Waals surface area contributed by atoms with Gasteiger partial charge >= 0.3 is 0 Å². The molecule has 1 aromatic rings. The second-order valence-corrected chi connectivity index (χ2v) is 4.89. The Bertz CT molecular complexity index is 320. The molecule has 0 saturated heterocycles. The van der Waals surface area contributed by atoms with E-state index in [0.717, 1.165) is 29.4 Å². The molecule has 1 unspecified atom stereocenters. The van der Waals surface area contributed by atoms with Crippen molar-refractivity contribution in [2.45, 2.75) is 19.4 Å². The average molecular weight is 255 g/mol. The van der Waals surface area contributed by atoms with Crippen molar-refractivity contribution in [2.75, 3.05) is 25.2 Å². The van der Waals surface area contributed by atoms with E-state index in [2.05, 4.69) is 6.92 Å². The predicted octanol–water partition coefficient (Wildman–Crippen LogP) is 2.54. The summed E-state index contributed by atoms with van der Waals surface area (Å²) in [4.78, 5) is 0. The summed E-state index contributed by atoms with van der Waals surface area (Å²) in [6, 6.07) is 7.99. The van der Waals surface area contributed by atoms with Gasteiger partial charge in [-0.15, -0.1) is 0 Å². The van der Waals surface area contributed by atoms with Crippen molar-refractivity contribution in [3.63, 3.8) is 0 Å². The van der Waals surface area contributed by atoms with Crippen LogP contribution in [0.25, 0.3) is 0 Å². The van der Waals surface area contributed by atoms with Crippen LogP contribution in [0.4, 0.5) is 0 Å². The van der Waals surface area contributed by atoms with Gasteiger partial charge in [0.25, 0.3) is 0 Å². The molecule has 2 N–H and O–H groups in total. The lowest BCUT2D eigenvalue weighted by atomic mass is 10.3. The molecule has 4 heteroatoms. The summed E-state index contributed by atoms with van der Waals surface area (Å²) in [7, 11) is 1.65. The smallest absolute Gasteiger partial charge is 0.161 e. The Labute approximate surface area is 108 Å². The summed E-state index contributed by atoms with van der Waals surface area (Å²) < 4.78 is 10.9.